The molecule has 0 aromatic heterocycles. The molecule has 4 nitrogen and oxygen atoms in total. The second kappa shape index (κ2) is 10.1. The molecule has 0 spiro atoms. The van der Waals surface area contributed by atoms with E-state index in [-0.39, 0.29) is 0 Å². The normalized spacial score (nSPS) is 10.3. The summed E-state index contributed by atoms with van der Waals surface area (Å²) in [7, 11) is 0. The van der Waals surface area contributed by atoms with Gasteiger partial charge in [0.25, 0.3) is 0 Å². The van der Waals surface area contributed by atoms with Crippen LogP contribution in [0.2, 0.25) is 10.0 Å². The summed E-state index contributed by atoms with van der Waals surface area (Å²) in [6.07, 6.45) is 2.17. The van der Waals surface area contributed by atoms with Gasteiger partial charge in [0, 0.05) is 10.0 Å². The van der Waals surface area contributed by atoms with Gasteiger partial charge < -0.3 is 9.47 Å². The molecule has 0 saturated heterocycles. The van der Waals surface area contributed by atoms with Gasteiger partial charge in [-0.2, -0.15) is 0 Å². The highest BCUT2D eigenvalue weighted by Gasteiger charge is 2.08. The molecule has 0 fully saturated rings. The molecule has 25 heavy (non-hydrogen) atoms. The molecule has 0 heterocycles. The van der Waals surface area contributed by atoms with Gasteiger partial charge in [-0.25, -0.2) is 9.59 Å². The van der Waals surface area contributed by atoms with Crippen molar-refractivity contribution in [3.05, 3.63) is 69.7 Å². The zero-order valence-electron chi connectivity index (χ0n) is 13.5. The van der Waals surface area contributed by atoms with Crippen LogP contribution >= 0.6 is 23.2 Å². The Labute approximate surface area is 156 Å². The minimum absolute atomic E-state index is 0.313. The molecule has 0 N–H and O–H groups in total. The molecule has 0 aliphatic carbocycles. The summed E-state index contributed by atoms with van der Waals surface area (Å²) in [5, 5.41) is 0.993. The van der Waals surface area contributed by atoms with Crippen molar-refractivity contribution < 1.29 is 19.1 Å². The Bertz CT molecular complexity index is 669. The lowest BCUT2D eigenvalue weighted by molar-refractivity contribution is 0.0478. The Morgan fingerprint density at radius 3 is 1.56 bits per heavy atom. The standard InChI is InChI=1S/C19H18Cl2O4/c20-16-8-4-6-14(12-16)18(22)24-10-2-1-3-11-25-19(23)15-7-5-9-17(21)13-15/h4-9,12-13H,1-3,10-11H2. The maximum absolute atomic E-state index is 11.8. The van der Waals surface area contributed by atoms with E-state index in [4.69, 9.17) is 32.7 Å². The van der Waals surface area contributed by atoms with Crippen LogP contribution in [0.3, 0.4) is 0 Å². The number of ether oxygens (including phenoxy) is 2. The van der Waals surface area contributed by atoms with Crippen LogP contribution in [0.25, 0.3) is 0 Å². The van der Waals surface area contributed by atoms with Crippen LogP contribution in [0.1, 0.15) is 40.0 Å². The van der Waals surface area contributed by atoms with E-state index < -0.39 is 11.9 Å². The van der Waals surface area contributed by atoms with E-state index in [2.05, 4.69) is 0 Å². The van der Waals surface area contributed by atoms with Gasteiger partial charge in [0.05, 0.1) is 24.3 Å². The van der Waals surface area contributed by atoms with E-state index in [0.29, 0.717) is 47.2 Å². The van der Waals surface area contributed by atoms with Crippen molar-refractivity contribution >= 4 is 35.1 Å². The summed E-state index contributed by atoms with van der Waals surface area (Å²) in [6.45, 7) is 0.626. The highest BCUT2D eigenvalue weighted by atomic mass is 35.5. The van der Waals surface area contributed by atoms with Gasteiger partial charge in [-0.05, 0) is 55.7 Å². The highest BCUT2D eigenvalue weighted by molar-refractivity contribution is 6.31. The molecule has 0 atom stereocenters. The third-order valence-corrected chi connectivity index (χ3v) is 3.85. The first-order valence-corrected chi connectivity index (χ1v) is 8.67. The molecule has 0 radical (unpaired) electrons. The number of hydrogen-bond acceptors (Lipinski definition) is 4. The van der Waals surface area contributed by atoms with Crippen LogP contribution < -0.4 is 0 Å². The second-order valence-electron chi connectivity index (χ2n) is 5.35. The second-order valence-corrected chi connectivity index (χ2v) is 6.23. The van der Waals surface area contributed by atoms with E-state index in [1.165, 1.54) is 0 Å². The Morgan fingerprint density at radius 2 is 1.16 bits per heavy atom. The fraction of sp³-hybridized carbons (Fsp3) is 0.263. The number of hydrogen-bond donors (Lipinski definition) is 0. The quantitative estimate of drug-likeness (QED) is 0.467. The van der Waals surface area contributed by atoms with Gasteiger partial charge >= 0.3 is 11.9 Å². The number of benzene rings is 2. The average molecular weight is 381 g/mol. The van der Waals surface area contributed by atoms with Crippen LogP contribution in [0.4, 0.5) is 0 Å². The molecule has 0 unspecified atom stereocenters. The van der Waals surface area contributed by atoms with Crippen molar-refractivity contribution in [3.63, 3.8) is 0 Å². The van der Waals surface area contributed by atoms with Crippen molar-refractivity contribution in [2.24, 2.45) is 0 Å². The SMILES string of the molecule is O=C(OCCCCCOC(=O)c1cccc(Cl)c1)c1cccc(Cl)c1. The van der Waals surface area contributed by atoms with Crippen LogP contribution in [0, 0.1) is 0 Å². The fourth-order valence-corrected chi connectivity index (χ4v) is 2.49. The van der Waals surface area contributed by atoms with Gasteiger partial charge in [-0.15, -0.1) is 0 Å². The first kappa shape index (κ1) is 19.3. The van der Waals surface area contributed by atoms with Gasteiger partial charge in [0.1, 0.15) is 0 Å². The van der Waals surface area contributed by atoms with Crippen molar-refractivity contribution in [3.8, 4) is 0 Å². The van der Waals surface area contributed by atoms with Crippen molar-refractivity contribution in [1.29, 1.82) is 0 Å². The summed E-state index contributed by atoms with van der Waals surface area (Å²) in [5.41, 5.74) is 0.867. The Hall–Kier alpha value is -2.04. The zero-order valence-corrected chi connectivity index (χ0v) is 15.1. The molecule has 6 heteroatoms. The predicted molar refractivity (Wildman–Crippen MR) is 97.3 cm³/mol. The maximum Gasteiger partial charge on any atom is 0.338 e. The Kier molecular flexibility index (Phi) is 7.76. The van der Waals surface area contributed by atoms with Crippen molar-refractivity contribution in [2.75, 3.05) is 13.2 Å². The maximum atomic E-state index is 11.8. The molecule has 0 saturated carbocycles. The third-order valence-electron chi connectivity index (χ3n) is 3.38. The number of rotatable bonds is 8. The highest BCUT2D eigenvalue weighted by Crippen LogP contribution is 2.13. The predicted octanol–water partition coefficient (Wildman–Crippen LogP) is 5.18. The van der Waals surface area contributed by atoms with E-state index in [1.54, 1.807) is 48.5 Å². The number of carbonyl (C=O) groups excluding carboxylic acids is 2. The molecule has 0 aliphatic rings. The van der Waals surface area contributed by atoms with Gasteiger partial charge in [-0.3, -0.25) is 0 Å². The first-order chi connectivity index (χ1) is 12.1. The van der Waals surface area contributed by atoms with E-state index in [1.807, 2.05) is 0 Å². The number of halogens is 2. The van der Waals surface area contributed by atoms with Gasteiger partial charge in [0.15, 0.2) is 0 Å². The third kappa shape index (κ3) is 6.77. The summed E-state index contributed by atoms with van der Waals surface area (Å²) in [4.78, 5) is 23.6. The number of unbranched alkanes of at least 4 members (excludes halogenated alkanes) is 2. The minimum Gasteiger partial charge on any atom is -0.462 e. The monoisotopic (exact) mass is 380 g/mol. The molecular weight excluding hydrogens is 363 g/mol. The molecular formula is C19H18Cl2O4. The lowest BCUT2D eigenvalue weighted by Crippen LogP contribution is -2.08. The molecule has 0 amide bonds. The average Bonchev–Trinajstić information content (AvgIpc) is 2.60. The van der Waals surface area contributed by atoms with Crippen LogP contribution in [0.15, 0.2) is 48.5 Å². The number of carbonyl (C=O) groups is 2. The zero-order chi connectivity index (χ0) is 18.1. The van der Waals surface area contributed by atoms with Crippen LogP contribution in [0.5, 0.6) is 0 Å². The van der Waals surface area contributed by atoms with E-state index in [9.17, 15) is 9.59 Å². The van der Waals surface area contributed by atoms with Gasteiger partial charge in [-0.1, -0.05) is 35.3 Å². The topological polar surface area (TPSA) is 52.6 Å². The van der Waals surface area contributed by atoms with Crippen molar-refractivity contribution in [2.45, 2.75) is 19.3 Å². The molecule has 0 bridgehead atoms. The van der Waals surface area contributed by atoms with E-state index in [0.717, 1.165) is 6.42 Å². The Morgan fingerprint density at radius 1 is 0.720 bits per heavy atom. The van der Waals surface area contributed by atoms with Crippen LogP contribution in [-0.2, 0) is 9.47 Å². The lowest BCUT2D eigenvalue weighted by atomic mass is 10.2. The van der Waals surface area contributed by atoms with Crippen molar-refractivity contribution in [1.82, 2.24) is 0 Å². The minimum atomic E-state index is -0.394. The first-order valence-electron chi connectivity index (χ1n) is 7.91. The summed E-state index contributed by atoms with van der Waals surface area (Å²) >= 11 is 11.7. The van der Waals surface area contributed by atoms with E-state index >= 15 is 0 Å². The van der Waals surface area contributed by atoms with Gasteiger partial charge in [0.2, 0.25) is 0 Å². The summed E-state index contributed by atoms with van der Waals surface area (Å²) in [5.74, 6) is -0.787. The number of esters is 2. The summed E-state index contributed by atoms with van der Waals surface area (Å²) < 4.78 is 10.3. The molecule has 2 rings (SSSR count). The largest absolute Gasteiger partial charge is 0.462 e. The van der Waals surface area contributed by atoms with Crippen LogP contribution in [-0.4, -0.2) is 25.2 Å². The Balaban J connectivity index is 1.58. The lowest BCUT2D eigenvalue weighted by Gasteiger charge is -2.06. The molecule has 2 aromatic rings. The summed E-state index contributed by atoms with van der Waals surface area (Å²) in [6, 6.07) is 13.2. The smallest absolute Gasteiger partial charge is 0.338 e. The fourth-order valence-electron chi connectivity index (χ4n) is 2.11. The molecule has 2 aromatic carbocycles. The molecule has 132 valence electrons. The molecule has 0 aliphatic heterocycles.